The summed E-state index contributed by atoms with van der Waals surface area (Å²) in [6.45, 7) is 7.91. The van der Waals surface area contributed by atoms with Gasteiger partial charge in [-0.05, 0) is 56.5 Å². The Morgan fingerprint density at radius 1 is 1.27 bits per heavy atom. The number of hydrogen-bond donors (Lipinski definition) is 2. The molecule has 0 saturated carbocycles. The van der Waals surface area contributed by atoms with Crippen LogP contribution in [0.2, 0.25) is 0 Å². The van der Waals surface area contributed by atoms with Crippen LogP contribution < -0.4 is 11.1 Å². The summed E-state index contributed by atoms with van der Waals surface area (Å²) in [6, 6.07) is 7.94. The highest BCUT2D eigenvalue weighted by Gasteiger charge is 2.21. The zero-order chi connectivity index (χ0) is 16.0. The molecule has 2 rings (SSSR count). The lowest BCUT2D eigenvalue weighted by Crippen LogP contribution is -2.49. The number of hydrogen-bond acceptors (Lipinski definition) is 3. The number of rotatable bonds is 7. The molecule has 1 fully saturated rings. The molecule has 22 heavy (non-hydrogen) atoms. The SMILES string of the molecule is CCC(N)(CC)CNC(=O)c1cccc(CN2CCCC2)c1. The van der Waals surface area contributed by atoms with Gasteiger partial charge in [0.05, 0.1) is 0 Å². The fourth-order valence-electron chi connectivity index (χ4n) is 2.87. The summed E-state index contributed by atoms with van der Waals surface area (Å²) < 4.78 is 0. The van der Waals surface area contributed by atoms with Crippen LogP contribution in [-0.2, 0) is 6.54 Å². The summed E-state index contributed by atoms with van der Waals surface area (Å²) in [6.07, 6.45) is 4.29. The minimum atomic E-state index is -0.303. The van der Waals surface area contributed by atoms with Gasteiger partial charge in [0.25, 0.3) is 5.91 Å². The molecule has 1 saturated heterocycles. The van der Waals surface area contributed by atoms with E-state index in [2.05, 4.69) is 30.1 Å². The van der Waals surface area contributed by atoms with Crippen molar-refractivity contribution in [2.24, 2.45) is 5.73 Å². The Bertz CT molecular complexity index is 491. The van der Waals surface area contributed by atoms with Gasteiger partial charge in [0.2, 0.25) is 0 Å². The van der Waals surface area contributed by atoms with Crippen LogP contribution in [0.5, 0.6) is 0 Å². The zero-order valence-electron chi connectivity index (χ0n) is 13.9. The molecular formula is C18H29N3O. The van der Waals surface area contributed by atoms with Crippen molar-refractivity contribution < 1.29 is 4.79 Å². The Morgan fingerprint density at radius 3 is 2.59 bits per heavy atom. The molecule has 3 N–H and O–H groups in total. The van der Waals surface area contributed by atoms with Crippen molar-refractivity contribution in [3.63, 3.8) is 0 Å². The van der Waals surface area contributed by atoms with Crippen LogP contribution in [0, 0.1) is 0 Å². The number of nitrogens with zero attached hydrogens (tertiary/aromatic N) is 1. The number of nitrogens with one attached hydrogen (secondary N) is 1. The van der Waals surface area contributed by atoms with Gasteiger partial charge in [-0.15, -0.1) is 0 Å². The van der Waals surface area contributed by atoms with Crippen LogP contribution in [0.25, 0.3) is 0 Å². The third-order valence-corrected chi connectivity index (χ3v) is 4.80. The monoisotopic (exact) mass is 303 g/mol. The van der Waals surface area contributed by atoms with E-state index in [9.17, 15) is 4.79 Å². The molecule has 1 heterocycles. The second kappa shape index (κ2) is 7.75. The van der Waals surface area contributed by atoms with Gasteiger partial charge in [0, 0.05) is 24.2 Å². The predicted octanol–water partition coefficient (Wildman–Crippen LogP) is 2.53. The first-order valence-corrected chi connectivity index (χ1v) is 8.44. The first kappa shape index (κ1) is 17.0. The first-order valence-electron chi connectivity index (χ1n) is 8.44. The van der Waals surface area contributed by atoms with E-state index in [0.717, 1.165) is 24.9 Å². The van der Waals surface area contributed by atoms with Crippen LogP contribution >= 0.6 is 0 Å². The molecule has 0 bridgehead atoms. The Labute approximate surface area is 134 Å². The van der Waals surface area contributed by atoms with E-state index in [1.54, 1.807) is 0 Å². The van der Waals surface area contributed by atoms with Crippen molar-refractivity contribution >= 4 is 5.91 Å². The largest absolute Gasteiger partial charge is 0.350 e. The van der Waals surface area contributed by atoms with Crippen LogP contribution in [0.3, 0.4) is 0 Å². The third-order valence-electron chi connectivity index (χ3n) is 4.80. The maximum Gasteiger partial charge on any atom is 0.251 e. The van der Waals surface area contributed by atoms with Crippen molar-refractivity contribution in [2.75, 3.05) is 19.6 Å². The summed E-state index contributed by atoms with van der Waals surface area (Å²) in [5.41, 5.74) is 7.87. The Kier molecular flexibility index (Phi) is 5.98. The summed E-state index contributed by atoms with van der Waals surface area (Å²) in [5.74, 6) is -0.0278. The van der Waals surface area contributed by atoms with Crippen molar-refractivity contribution in [3.8, 4) is 0 Å². The second-order valence-corrected chi connectivity index (χ2v) is 6.44. The van der Waals surface area contributed by atoms with Gasteiger partial charge in [0.15, 0.2) is 0 Å². The zero-order valence-corrected chi connectivity index (χ0v) is 13.9. The van der Waals surface area contributed by atoms with Gasteiger partial charge in [-0.3, -0.25) is 9.69 Å². The molecule has 0 unspecified atom stereocenters. The predicted molar refractivity (Wildman–Crippen MR) is 90.8 cm³/mol. The average Bonchev–Trinajstić information content (AvgIpc) is 3.05. The molecule has 4 heteroatoms. The standard InChI is InChI=1S/C18H29N3O/c1-3-18(19,4-2)14-20-17(22)16-9-7-8-15(12-16)13-21-10-5-6-11-21/h7-9,12H,3-6,10-11,13-14,19H2,1-2H3,(H,20,22). The number of benzene rings is 1. The molecule has 1 amide bonds. The molecule has 0 aliphatic carbocycles. The Morgan fingerprint density at radius 2 is 1.95 bits per heavy atom. The van der Waals surface area contributed by atoms with Crippen molar-refractivity contribution in [2.45, 2.75) is 51.6 Å². The highest BCUT2D eigenvalue weighted by Crippen LogP contribution is 2.14. The van der Waals surface area contributed by atoms with E-state index in [4.69, 9.17) is 5.73 Å². The highest BCUT2D eigenvalue weighted by atomic mass is 16.1. The van der Waals surface area contributed by atoms with Crippen molar-refractivity contribution in [1.82, 2.24) is 10.2 Å². The van der Waals surface area contributed by atoms with Gasteiger partial charge in [-0.2, -0.15) is 0 Å². The van der Waals surface area contributed by atoms with Crippen LogP contribution in [-0.4, -0.2) is 36.0 Å². The lowest BCUT2D eigenvalue weighted by molar-refractivity contribution is 0.0942. The van der Waals surface area contributed by atoms with Crippen LogP contribution in [0.4, 0.5) is 0 Å². The Balaban J connectivity index is 1.94. The minimum Gasteiger partial charge on any atom is -0.350 e. The van der Waals surface area contributed by atoms with E-state index in [0.29, 0.717) is 6.54 Å². The molecule has 1 aromatic carbocycles. The number of likely N-dealkylation sites (tertiary alicyclic amines) is 1. The molecule has 1 aliphatic heterocycles. The van der Waals surface area contributed by atoms with E-state index < -0.39 is 0 Å². The molecular weight excluding hydrogens is 274 g/mol. The summed E-state index contributed by atoms with van der Waals surface area (Å²) in [4.78, 5) is 14.8. The number of carbonyl (C=O) groups is 1. The normalized spacial score (nSPS) is 16.0. The van der Waals surface area contributed by atoms with E-state index in [1.165, 1.54) is 31.5 Å². The molecule has 122 valence electrons. The second-order valence-electron chi connectivity index (χ2n) is 6.44. The van der Waals surface area contributed by atoms with Crippen LogP contribution in [0.1, 0.15) is 55.5 Å². The van der Waals surface area contributed by atoms with Crippen LogP contribution in [0.15, 0.2) is 24.3 Å². The van der Waals surface area contributed by atoms with Gasteiger partial charge in [0.1, 0.15) is 0 Å². The van der Waals surface area contributed by atoms with Gasteiger partial charge < -0.3 is 11.1 Å². The Hall–Kier alpha value is -1.39. The van der Waals surface area contributed by atoms with Gasteiger partial charge in [-0.25, -0.2) is 0 Å². The van der Waals surface area contributed by atoms with Gasteiger partial charge >= 0.3 is 0 Å². The molecule has 0 atom stereocenters. The fraction of sp³-hybridized carbons (Fsp3) is 0.611. The first-order chi connectivity index (χ1) is 10.6. The molecule has 1 aliphatic rings. The maximum atomic E-state index is 12.3. The van der Waals surface area contributed by atoms with Crippen molar-refractivity contribution in [1.29, 1.82) is 0 Å². The lowest BCUT2D eigenvalue weighted by Gasteiger charge is -2.26. The number of nitrogens with two attached hydrogens (primary N) is 1. The topological polar surface area (TPSA) is 58.4 Å². The van der Waals surface area contributed by atoms with E-state index in [-0.39, 0.29) is 11.4 Å². The quantitative estimate of drug-likeness (QED) is 0.814. The molecule has 0 radical (unpaired) electrons. The van der Waals surface area contributed by atoms with Crippen molar-refractivity contribution in [3.05, 3.63) is 35.4 Å². The number of carbonyl (C=O) groups excluding carboxylic acids is 1. The summed E-state index contributed by atoms with van der Waals surface area (Å²) in [5, 5.41) is 2.98. The third kappa shape index (κ3) is 4.55. The summed E-state index contributed by atoms with van der Waals surface area (Å²) in [7, 11) is 0. The molecule has 1 aromatic rings. The minimum absolute atomic E-state index is 0.0278. The van der Waals surface area contributed by atoms with Gasteiger partial charge in [-0.1, -0.05) is 26.0 Å². The maximum absolute atomic E-state index is 12.3. The van der Waals surface area contributed by atoms with E-state index >= 15 is 0 Å². The fourth-order valence-corrected chi connectivity index (χ4v) is 2.87. The van der Waals surface area contributed by atoms with E-state index in [1.807, 2.05) is 18.2 Å². The highest BCUT2D eigenvalue weighted by molar-refractivity contribution is 5.94. The molecule has 0 spiro atoms. The lowest BCUT2D eigenvalue weighted by atomic mass is 9.94. The average molecular weight is 303 g/mol. The smallest absolute Gasteiger partial charge is 0.251 e. The summed E-state index contributed by atoms with van der Waals surface area (Å²) >= 11 is 0. The number of amides is 1. The molecule has 4 nitrogen and oxygen atoms in total. The molecule has 0 aromatic heterocycles.